The molecule has 1 saturated carbocycles. The first kappa shape index (κ1) is 11.4. The number of ether oxygens (including phenoxy) is 1. The van der Waals surface area contributed by atoms with Gasteiger partial charge in [-0.1, -0.05) is 19.3 Å². The normalized spacial score (nSPS) is 35.6. The summed E-state index contributed by atoms with van der Waals surface area (Å²) in [6.45, 7) is 4.10. The molecule has 0 aromatic carbocycles. The molecule has 2 rings (SSSR count). The van der Waals surface area contributed by atoms with Crippen molar-refractivity contribution >= 4 is 0 Å². The number of hydrogen-bond acceptors (Lipinski definition) is 3. The number of hydrogen-bond donors (Lipinski definition) is 1. The lowest BCUT2D eigenvalue weighted by Gasteiger charge is -2.43. The number of rotatable bonds is 2. The molecule has 0 aromatic rings. The molecule has 3 nitrogen and oxygen atoms in total. The first-order valence-electron chi connectivity index (χ1n) is 6.29. The Morgan fingerprint density at radius 2 is 2.00 bits per heavy atom. The minimum Gasteiger partial charge on any atom is -0.394 e. The van der Waals surface area contributed by atoms with Crippen molar-refractivity contribution in [2.45, 2.75) is 57.2 Å². The fourth-order valence-corrected chi connectivity index (χ4v) is 2.87. The van der Waals surface area contributed by atoms with Gasteiger partial charge in [0.2, 0.25) is 0 Å². The van der Waals surface area contributed by atoms with Gasteiger partial charge in [-0.15, -0.1) is 0 Å². The van der Waals surface area contributed by atoms with E-state index in [-0.39, 0.29) is 12.7 Å². The summed E-state index contributed by atoms with van der Waals surface area (Å²) >= 11 is 0. The van der Waals surface area contributed by atoms with Gasteiger partial charge in [0, 0.05) is 18.6 Å². The van der Waals surface area contributed by atoms with E-state index in [9.17, 15) is 0 Å². The molecular formula is C12H23NO2. The van der Waals surface area contributed by atoms with Gasteiger partial charge >= 0.3 is 0 Å². The summed E-state index contributed by atoms with van der Waals surface area (Å²) in [6, 6.07) is 1.27. The van der Waals surface area contributed by atoms with Crippen LogP contribution in [-0.2, 0) is 4.74 Å². The molecule has 3 heteroatoms. The first-order chi connectivity index (χ1) is 7.31. The highest BCUT2D eigenvalue weighted by atomic mass is 16.5. The van der Waals surface area contributed by atoms with Gasteiger partial charge in [0.05, 0.1) is 19.3 Å². The molecule has 2 unspecified atom stereocenters. The van der Waals surface area contributed by atoms with Gasteiger partial charge in [0.15, 0.2) is 0 Å². The monoisotopic (exact) mass is 213 g/mol. The predicted octanol–water partition coefficient (Wildman–Crippen LogP) is 1.40. The zero-order valence-electron chi connectivity index (χ0n) is 9.69. The minimum atomic E-state index is 0.0446. The number of morpholine rings is 1. The lowest BCUT2D eigenvalue weighted by molar-refractivity contribution is -0.0948. The molecule has 0 amide bonds. The zero-order valence-corrected chi connectivity index (χ0v) is 9.69. The molecule has 1 aliphatic carbocycles. The average molecular weight is 213 g/mol. The summed E-state index contributed by atoms with van der Waals surface area (Å²) in [5.74, 6) is 0. The molecule has 1 N–H and O–H groups in total. The molecule has 0 bridgehead atoms. The Hall–Kier alpha value is -0.120. The molecule has 2 fully saturated rings. The smallest absolute Gasteiger partial charge is 0.0933 e. The molecule has 0 spiro atoms. The van der Waals surface area contributed by atoms with Crippen molar-refractivity contribution < 1.29 is 9.84 Å². The van der Waals surface area contributed by atoms with Crippen LogP contribution in [0, 0.1) is 0 Å². The zero-order chi connectivity index (χ0) is 10.7. The second-order valence-electron chi connectivity index (χ2n) is 4.98. The highest BCUT2D eigenvalue weighted by Gasteiger charge is 2.31. The highest BCUT2D eigenvalue weighted by molar-refractivity contribution is 4.84. The molecule has 88 valence electrons. The quantitative estimate of drug-likeness (QED) is 0.752. The van der Waals surface area contributed by atoms with Crippen molar-refractivity contribution in [2.24, 2.45) is 0 Å². The number of aliphatic hydroxyl groups excluding tert-OH is 1. The lowest BCUT2D eigenvalue weighted by Crippen LogP contribution is -2.54. The van der Waals surface area contributed by atoms with Crippen LogP contribution in [0.3, 0.4) is 0 Å². The van der Waals surface area contributed by atoms with Crippen molar-refractivity contribution in [1.82, 2.24) is 4.90 Å². The van der Waals surface area contributed by atoms with Gasteiger partial charge < -0.3 is 9.84 Å². The van der Waals surface area contributed by atoms with E-state index in [1.54, 1.807) is 0 Å². The van der Waals surface area contributed by atoms with Gasteiger partial charge in [-0.25, -0.2) is 0 Å². The SMILES string of the molecule is CC1COC(CO)CN1C1CCCCC1. The fraction of sp³-hybridized carbons (Fsp3) is 1.00. The van der Waals surface area contributed by atoms with Crippen LogP contribution in [0.2, 0.25) is 0 Å². The fourth-order valence-electron chi connectivity index (χ4n) is 2.87. The topological polar surface area (TPSA) is 32.7 Å². The molecule has 2 atom stereocenters. The Bertz CT molecular complexity index is 192. The van der Waals surface area contributed by atoms with Gasteiger partial charge in [0.25, 0.3) is 0 Å². The van der Waals surface area contributed by atoms with Crippen molar-refractivity contribution in [3.63, 3.8) is 0 Å². The average Bonchev–Trinajstić information content (AvgIpc) is 2.31. The largest absolute Gasteiger partial charge is 0.394 e. The summed E-state index contributed by atoms with van der Waals surface area (Å²) in [5, 5.41) is 9.14. The van der Waals surface area contributed by atoms with Crippen LogP contribution in [0.15, 0.2) is 0 Å². The summed E-state index contributed by atoms with van der Waals surface area (Å²) in [5.41, 5.74) is 0. The van der Waals surface area contributed by atoms with E-state index in [2.05, 4.69) is 11.8 Å². The van der Waals surface area contributed by atoms with Crippen LogP contribution in [0.1, 0.15) is 39.0 Å². The number of aliphatic hydroxyl groups is 1. The predicted molar refractivity (Wildman–Crippen MR) is 59.9 cm³/mol. The molecule has 0 radical (unpaired) electrons. The molecule has 2 aliphatic rings. The van der Waals surface area contributed by atoms with E-state index in [4.69, 9.17) is 9.84 Å². The van der Waals surface area contributed by atoms with Crippen molar-refractivity contribution in [1.29, 1.82) is 0 Å². The minimum absolute atomic E-state index is 0.0446. The molecule has 15 heavy (non-hydrogen) atoms. The van der Waals surface area contributed by atoms with E-state index in [0.29, 0.717) is 6.04 Å². The van der Waals surface area contributed by atoms with E-state index >= 15 is 0 Å². The third-order valence-corrected chi connectivity index (χ3v) is 3.80. The van der Waals surface area contributed by atoms with Crippen LogP contribution in [0.4, 0.5) is 0 Å². The maximum atomic E-state index is 9.14. The van der Waals surface area contributed by atoms with E-state index in [1.165, 1.54) is 32.1 Å². The van der Waals surface area contributed by atoms with Crippen LogP contribution in [-0.4, -0.2) is 48.0 Å². The Morgan fingerprint density at radius 3 is 2.67 bits per heavy atom. The summed E-state index contributed by atoms with van der Waals surface area (Å²) in [6.07, 6.45) is 6.86. The van der Waals surface area contributed by atoms with Gasteiger partial charge in [-0.05, 0) is 19.8 Å². The Morgan fingerprint density at radius 1 is 1.27 bits per heavy atom. The van der Waals surface area contributed by atoms with Crippen LogP contribution in [0.5, 0.6) is 0 Å². The highest BCUT2D eigenvalue weighted by Crippen LogP contribution is 2.26. The van der Waals surface area contributed by atoms with Crippen LogP contribution < -0.4 is 0 Å². The van der Waals surface area contributed by atoms with Crippen molar-refractivity contribution in [2.75, 3.05) is 19.8 Å². The number of nitrogens with zero attached hydrogens (tertiary/aromatic N) is 1. The summed E-state index contributed by atoms with van der Waals surface area (Å²) in [4.78, 5) is 2.56. The summed E-state index contributed by atoms with van der Waals surface area (Å²) < 4.78 is 5.57. The third kappa shape index (κ3) is 2.71. The molecule has 0 aromatic heterocycles. The van der Waals surface area contributed by atoms with Crippen molar-refractivity contribution in [3.05, 3.63) is 0 Å². The second-order valence-corrected chi connectivity index (χ2v) is 4.98. The van der Waals surface area contributed by atoms with Crippen LogP contribution in [0.25, 0.3) is 0 Å². The van der Waals surface area contributed by atoms with Gasteiger partial charge in [0.1, 0.15) is 0 Å². The lowest BCUT2D eigenvalue weighted by atomic mass is 9.92. The van der Waals surface area contributed by atoms with Gasteiger partial charge in [-0.2, -0.15) is 0 Å². The summed E-state index contributed by atoms with van der Waals surface area (Å²) in [7, 11) is 0. The Labute approximate surface area is 92.4 Å². The van der Waals surface area contributed by atoms with Gasteiger partial charge in [-0.3, -0.25) is 4.90 Å². The molecule has 1 saturated heterocycles. The molecule has 1 heterocycles. The van der Waals surface area contributed by atoms with E-state index in [1.807, 2.05) is 0 Å². The maximum absolute atomic E-state index is 9.14. The first-order valence-corrected chi connectivity index (χ1v) is 6.29. The Balaban J connectivity index is 1.92. The molecular weight excluding hydrogens is 190 g/mol. The second kappa shape index (κ2) is 5.28. The van der Waals surface area contributed by atoms with E-state index in [0.717, 1.165) is 19.2 Å². The standard InChI is InChI=1S/C12H23NO2/c1-10-9-15-12(8-14)7-13(10)11-5-3-2-4-6-11/h10-12,14H,2-9H2,1H3. The maximum Gasteiger partial charge on any atom is 0.0933 e. The molecule has 1 aliphatic heterocycles. The van der Waals surface area contributed by atoms with E-state index < -0.39 is 0 Å². The van der Waals surface area contributed by atoms with Crippen molar-refractivity contribution in [3.8, 4) is 0 Å². The third-order valence-electron chi connectivity index (χ3n) is 3.80. The van der Waals surface area contributed by atoms with Crippen LogP contribution >= 0.6 is 0 Å². The Kier molecular flexibility index (Phi) is 4.00.